The van der Waals surface area contributed by atoms with Gasteiger partial charge in [-0.3, -0.25) is 4.79 Å². The van der Waals surface area contributed by atoms with E-state index in [1.165, 1.54) is 14.2 Å². The van der Waals surface area contributed by atoms with Crippen molar-refractivity contribution in [1.29, 1.82) is 0 Å². The second-order valence-corrected chi connectivity index (χ2v) is 6.69. The SMILES string of the molecule is COC(=O)[C@H](CC(C)C)NP(O)(=S)OC. The Morgan fingerprint density at radius 1 is 1.53 bits per heavy atom. The topological polar surface area (TPSA) is 67.8 Å². The average Bonchev–Trinajstić information content (AvgIpc) is 2.14. The molecule has 0 rings (SSSR count). The first-order valence-electron chi connectivity index (χ1n) is 4.56. The molecule has 0 aliphatic heterocycles. The van der Waals surface area contributed by atoms with E-state index >= 15 is 0 Å². The van der Waals surface area contributed by atoms with Gasteiger partial charge in [0.25, 0.3) is 6.64 Å². The maximum atomic E-state index is 11.4. The minimum absolute atomic E-state index is 0.286. The van der Waals surface area contributed by atoms with E-state index in [1.54, 1.807) is 0 Å². The Bertz CT molecular complexity index is 259. The molecule has 0 aliphatic rings. The molecule has 0 aliphatic carbocycles. The van der Waals surface area contributed by atoms with E-state index in [9.17, 15) is 9.69 Å². The molecule has 5 nitrogen and oxygen atoms in total. The van der Waals surface area contributed by atoms with Crippen LogP contribution in [0.4, 0.5) is 0 Å². The van der Waals surface area contributed by atoms with Crippen molar-refractivity contribution in [2.75, 3.05) is 14.2 Å². The van der Waals surface area contributed by atoms with Crippen molar-refractivity contribution in [1.82, 2.24) is 5.09 Å². The van der Waals surface area contributed by atoms with Crippen LogP contribution in [0.1, 0.15) is 20.3 Å². The largest absolute Gasteiger partial charge is 0.468 e. The van der Waals surface area contributed by atoms with Gasteiger partial charge in [-0.2, -0.15) is 0 Å². The van der Waals surface area contributed by atoms with Crippen LogP contribution in [-0.4, -0.2) is 31.1 Å². The number of esters is 1. The van der Waals surface area contributed by atoms with Crippen LogP contribution in [0.25, 0.3) is 0 Å². The molecule has 0 spiro atoms. The van der Waals surface area contributed by atoms with Gasteiger partial charge in [0.15, 0.2) is 0 Å². The summed E-state index contributed by atoms with van der Waals surface area (Å²) in [6.45, 7) is 0.857. The van der Waals surface area contributed by atoms with Gasteiger partial charge >= 0.3 is 5.97 Å². The van der Waals surface area contributed by atoms with Gasteiger partial charge in [0.05, 0.1) is 7.11 Å². The first-order chi connectivity index (χ1) is 6.82. The van der Waals surface area contributed by atoms with E-state index in [0.29, 0.717) is 6.42 Å². The monoisotopic (exact) mass is 255 g/mol. The van der Waals surface area contributed by atoms with E-state index in [1.807, 2.05) is 13.8 Å². The normalized spacial score (nSPS) is 17.2. The minimum Gasteiger partial charge on any atom is -0.468 e. The summed E-state index contributed by atoms with van der Waals surface area (Å²) in [5, 5.41) is 2.61. The van der Waals surface area contributed by atoms with Crippen LogP contribution < -0.4 is 5.09 Å². The summed E-state index contributed by atoms with van der Waals surface area (Å²) >= 11 is 4.77. The maximum Gasteiger partial charge on any atom is 0.323 e. The Balaban J connectivity index is 4.51. The van der Waals surface area contributed by atoms with Crippen molar-refractivity contribution in [2.24, 2.45) is 5.92 Å². The Kier molecular flexibility index (Phi) is 6.55. The molecule has 0 fully saturated rings. The third-order valence-electron chi connectivity index (χ3n) is 1.76. The van der Waals surface area contributed by atoms with Crippen LogP contribution in [0.15, 0.2) is 0 Å². The average molecular weight is 255 g/mol. The minimum atomic E-state index is -3.07. The zero-order valence-corrected chi connectivity index (χ0v) is 11.1. The molecule has 90 valence electrons. The fourth-order valence-corrected chi connectivity index (χ4v) is 2.16. The van der Waals surface area contributed by atoms with Crippen molar-refractivity contribution >= 4 is 24.4 Å². The number of hydrogen-bond acceptors (Lipinski definition) is 4. The van der Waals surface area contributed by atoms with Crippen molar-refractivity contribution in [3.63, 3.8) is 0 Å². The fourth-order valence-electron chi connectivity index (χ4n) is 1.06. The lowest BCUT2D eigenvalue weighted by atomic mass is 10.1. The molecule has 0 saturated carbocycles. The zero-order chi connectivity index (χ0) is 12.1. The first kappa shape index (κ1) is 15.0. The molecule has 1 unspecified atom stereocenters. The lowest BCUT2D eigenvalue weighted by molar-refractivity contribution is -0.143. The van der Waals surface area contributed by atoms with Gasteiger partial charge in [0, 0.05) is 7.11 Å². The molecule has 2 N–H and O–H groups in total. The Morgan fingerprint density at radius 3 is 2.40 bits per heavy atom. The summed E-state index contributed by atoms with van der Waals surface area (Å²) in [6, 6.07) is -0.620. The summed E-state index contributed by atoms with van der Waals surface area (Å²) in [4.78, 5) is 20.9. The Labute approximate surface area is 95.4 Å². The lowest BCUT2D eigenvalue weighted by Crippen LogP contribution is -2.36. The van der Waals surface area contributed by atoms with Crippen LogP contribution in [0, 0.1) is 5.92 Å². The predicted octanol–water partition coefficient (Wildman–Crippen LogP) is 1.03. The summed E-state index contributed by atoms with van der Waals surface area (Å²) < 4.78 is 9.31. The zero-order valence-electron chi connectivity index (χ0n) is 9.39. The third kappa shape index (κ3) is 6.22. The molecular formula is C8H18NO4PS. The molecule has 0 amide bonds. The number of hydrogen-bond donors (Lipinski definition) is 2. The van der Waals surface area contributed by atoms with Gasteiger partial charge in [0.1, 0.15) is 6.04 Å². The highest BCUT2D eigenvalue weighted by Gasteiger charge is 2.26. The molecule has 0 saturated heterocycles. The molecule has 2 atom stereocenters. The van der Waals surface area contributed by atoms with Crippen LogP contribution in [-0.2, 0) is 25.9 Å². The molecule has 0 bridgehead atoms. The maximum absolute atomic E-state index is 11.4. The highest BCUT2D eigenvalue weighted by atomic mass is 32.5. The molecular weight excluding hydrogens is 237 g/mol. The van der Waals surface area contributed by atoms with E-state index < -0.39 is 18.7 Å². The smallest absolute Gasteiger partial charge is 0.323 e. The Hall–Kier alpha value is -0.0000000000000000763. The van der Waals surface area contributed by atoms with Gasteiger partial charge in [0.2, 0.25) is 0 Å². The van der Waals surface area contributed by atoms with Crippen LogP contribution in [0.3, 0.4) is 0 Å². The summed E-state index contributed by atoms with van der Waals surface area (Å²) in [7, 11) is 2.60. The molecule has 0 radical (unpaired) electrons. The van der Waals surface area contributed by atoms with Gasteiger partial charge in [-0.05, 0) is 24.1 Å². The number of ether oxygens (including phenoxy) is 1. The van der Waals surface area contributed by atoms with Gasteiger partial charge in [-0.15, -0.1) is 0 Å². The fraction of sp³-hybridized carbons (Fsp3) is 0.875. The highest BCUT2D eigenvalue weighted by Crippen LogP contribution is 2.37. The summed E-state index contributed by atoms with van der Waals surface area (Å²) in [5.41, 5.74) is 0. The quantitative estimate of drug-likeness (QED) is 0.546. The predicted molar refractivity (Wildman–Crippen MR) is 61.9 cm³/mol. The third-order valence-corrected chi connectivity index (χ3v) is 3.66. The molecule has 0 aromatic heterocycles. The van der Waals surface area contributed by atoms with Crippen LogP contribution in [0.2, 0.25) is 0 Å². The first-order valence-corrected chi connectivity index (χ1v) is 7.24. The Morgan fingerprint density at radius 2 is 2.07 bits per heavy atom. The van der Waals surface area contributed by atoms with E-state index in [0.717, 1.165) is 0 Å². The van der Waals surface area contributed by atoms with Crippen molar-refractivity contribution < 1.29 is 18.9 Å². The van der Waals surface area contributed by atoms with Crippen LogP contribution >= 0.6 is 6.64 Å². The summed E-state index contributed by atoms with van der Waals surface area (Å²) in [6.07, 6.45) is 0.537. The number of rotatable bonds is 6. The van der Waals surface area contributed by atoms with E-state index in [-0.39, 0.29) is 5.92 Å². The van der Waals surface area contributed by atoms with Gasteiger partial charge in [-0.25, -0.2) is 5.09 Å². The van der Waals surface area contributed by atoms with Gasteiger partial charge < -0.3 is 14.2 Å². The summed E-state index contributed by atoms with van der Waals surface area (Å²) in [5.74, 6) is -0.155. The van der Waals surface area contributed by atoms with Gasteiger partial charge in [-0.1, -0.05) is 13.8 Å². The second kappa shape index (κ2) is 6.55. The van der Waals surface area contributed by atoms with Crippen molar-refractivity contribution in [2.45, 2.75) is 26.3 Å². The number of nitrogens with one attached hydrogen (secondary N) is 1. The number of methoxy groups -OCH3 is 1. The standard InChI is InChI=1S/C8H18NO4PS/c1-6(2)5-7(8(10)12-3)9-14(11,15)13-4/h6-7H,5H2,1-4H3,(H2,9,11,15)/t7-,14?/m0/s1. The molecule has 15 heavy (non-hydrogen) atoms. The number of carbonyl (C=O) groups excluding carboxylic acids is 1. The molecule has 0 heterocycles. The van der Waals surface area contributed by atoms with Crippen molar-refractivity contribution in [3.05, 3.63) is 0 Å². The lowest BCUT2D eigenvalue weighted by Gasteiger charge is -2.22. The van der Waals surface area contributed by atoms with Crippen molar-refractivity contribution in [3.8, 4) is 0 Å². The van der Waals surface area contributed by atoms with E-state index in [4.69, 9.17) is 16.3 Å². The van der Waals surface area contributed by atoms with Crippen LogP contribution in [0.5, 0.6) is 0 Å². The second-order valence-electron chi connectivity index (χ2n) is 3.54. The van der Waals surface area contributed by atoms with E-state index in [2.05, 4.69) is 9.82 Å². The highest BCUT2D eigenvalue weighted by molar-refractivity contribution is 8.08. The molecule has 0 aromatic carbocycles. The molecule has 7 heteroatoms. The molecule has 0 aromatic rings. The number of carbonyl (C=O) groups is 1.